The highest BCUT2D eigenvalue weighted by molar-refractivity contribution is 7.92. The minimum Gasteiger partial charge on any atom is -0.496 e. The van der Waals surface area contributed by atoms with Crippen LogP contribution >= 0.6 is 11.6 Å². The number of methoxy groups -OCH3 is 1. The summed E-state index contributed by atoms with van der Waals surface area (Å²) >= 11 is 6.18. The highest BCUT2D eigenvalue weighted by atomic mass is 35.5. The monoisotopic (exact) mass is 433 g/mol. The van der Waals surface area contributed by atoms with Crippen LogP contribution in [0, 0.1) is 12.7 Å². The maximum Gasteiger partial charge on any atom is 0.264 e. The lowest BCUT2D eigenvalue weighted by Gasteiger charge is -2.31. The van der Waals surface area contributed by atoms with Gasteiger partial charge in [-0.05, 0) is 55.8 Å². The van der Waals surface area contributed by atoms with Gasteiger partial charge in [0.25, 0.3) is 10.0 Å². The second-order valence-corrected chi connectivity index (χ2v) is 8.83. The lowest BCUT2D eigenvalue weighted by Crippen LogP contribution is -2.34. The molecule has 0 aliphatic carbocycles. The van der Waals surface area contributed by atoms with Crippen LogP contribution in [0.3, 0.4) is 0 Å². The number of benzene rings is 3. The molecule has 0 saturated heterocycles. The van der Waals surface area contributed by atoms with Crippen LogP contribution in [-0.2, 0) is 10.0 Å². The van der Waals surface area contributed by atoms with E-state index < -0.39 is 21.9 Å². The molecular formula is C22H21ClFNO3S. The summed E-state index contributed by atoms with van der Waals surface area (Å²) in [6, 6.07) is 16.5. The number of halogens is 2. The summed E-state index contributed by atoms with van der Waals surface area (Å²) in [7, 11) is -2.54. The van der Waals surface area contributed by atoms with Gasteiger partial charge in [0.1, 0.15) is 11.6 Å². The largest absolute Gasteiger partial charge is 0.496 e. The van der Waals surface area contributed by atoms with Crippen molar-refractivity contribution >= 4 is 27.3 Å². The first-order chi connectivity index (χ1) is 13.8. The van der Waals surface area contributed by atoms with E-state index in [1.54, 1.807) is 50.2 Å². The number of anilines is 1. The Kier molecular flexibility index (Phi) is 6.15. The van der Waals surface area contributed by atoms with Crippen molar-refractivity contribution in [1.29, 1.82) is 0 Å². The highest BCUT2D eigenvalue weighted by Gasteiger charge is 2.32. The molecule has 0 aromatic heterocycles. The third-order valence-electron chi connectivity index (χ3n) is 4.70. The molecular weight excluding hydrogens is 413 g/mol. The zero-order chi connectivity index (χ0) is 21.2. The van der Waals surface area contributed by atoms with Crippen LogP contribution in [0.2, 0.25) is 5.02 Å². The molecule has 0 N–H and O–H groups in total. The van der Waals surface area contributed by atoms with E-state index in [0.29, 0.717) is 16.3 Å². The van der Waals surface area contributed by atoms with Gasteiger partial charge < -0.3 is 4.74 Å². The van der Waals surface area contributed by atoms with Gasteiger partial charge in [0.2, 0.25) is 0 Å². The average molecular weight is 434 g/mol. The highest BCUT2D eigenvalue weighted by Crippen LogP contribution is 2.37. The molecule has 0 saturated carbocycles. The topological polar surface area (TPSA) is 46.6 Å². The number of ether oxygens (including phenoxy) is 1. The fourth-order valence-electron chi connectivity index (χ4n) is 3.17. The van der Waals surface area contributed by atoms with Gasteiger partial charge in [0.05, 0.1) is 23.7 Å². The minimum atomic E-state index is -4.06. The van der Waals surface area contributed by atoms with Gasteiger partial charge in [-0.1, -0.05) is 41.9 Å². The zero-order valence-corrected chi connectivity index (χ0v) is 17.8. The SMILES string of the molecule is COc1ccccc1[C@@H](C)N(c1cccc(F)c1)S(=O)(=O)c1ccc(C)c(Cl)c1. The third kappa shape index (κ3) is 4.23. The van der Waals surface area contributed by atoms with Gasteiger partial charge in [-0.25, -0.2) is 12.8 Å². The van der Waals surface area contributed by atoms with E-state index in [1.165, 1.54) is 41.7 Å². The van der Waals surface area contributed by atoms with Gasteiger partial charge >= 0.3 is 0 Å². The molecule has 1 atom stereocenters. The third-order valence-corrected chi connectivity index (χ3v) is 7.01. The summed E-state index contributed by atoms with van der Waals surface area (Å²) in [5.41, 5.74) is 1.63. The van der Waals surface area contributed by atoms with E-state index in [2.05, 4.69) is 0 Å². The van der Waals surface area contributed by atoms with E-state index >= 15 is 0 Å². The molecule has 0 heterocycles. The van der Waals surface area contributed by atoms with Crippen molar-refractivity contribution in [2.45, 2.75) is 24.8 Å². The van der Waals surface area contributed by atoms with Crippen molar-refractivity contribution in [1.82, 2.24) is 0 Å². The van der Waals surface area contributed by atoms with Crippen molar-refractivity contribution in [3.63, 3.8) is 0 Å². The zero-order valence-electron chi connectivity index (χ0n) is 16.3. The van der Waals surface area contributed by atoms with E-state index in [4.69, 9.17) is 16.3 Å². The summed E-state index contributed by atoms with van der Waals surface area (Å²) < 4.78 is 47.8. The lowest BCUT2D eigenvalue weighted by atomic mass is 10.1. The number of hydrogen-bond donors (Lipinski definition) is 0. The Hall–Kier alpha value is -2.57. The molecule has 0 bridgehead atoms. The molecule has 0 unspecified atom stereocenters. The molecule has 0 aliphatic rings. The normalized spacial score (nSPS) is 12.4. The van der Waals surface area contributed by atoms with Crippen molar-refractivity contribution in [3.05, 3.63) is 88.7 Å². The Morgan fingerprint density at radius 3 is 2.41 bits per heavy atom. The van der Waals surface area contributed by atoms with Crippen LogP contribution in [0.5, 0.6) is 5.75 Å². The molecule has 7 heteroatoms. The van der Waals surface area contributed by atoms with E-state index in [0.717, 1.165) is 5.56 Å². The molecule has 3 aromatic carbocycles. The second-order valence-electron chi connectivity index (χ2n) is 6.61. The molecule has 0 radical (unpaired) electrons. The molecule has 152 valence electrons. The predicted molar refractivity (Wildman–Crippen MR) is 114 cm³/mol. The quantitative estimate of drug-likeness (QED) is 0.497. The predicted octanol–water partition coefficient (Wildman–Crippen LogP) is 5.75. The van der Waals surface area contributed by atoms with Crippen LogP contribution in [-0.4, -0.2) is 15.5 Å². The summed E-state index contributed by atoms with van der Waals surface area (Å²) in [6.45, 7) is 3.52. The fourth-order valence-corrected chi connectivity index (χ4v) is 5.07. The molecule has 29 heavy (non-hydrogen) atoms. The van der Waals surface area contributed by atoms with Crippen LogP contribution in [0.15, 0.2) is 71.6 Å². The van der Waals surface area contributed by atoms with Crippen LogP contribution in [0.4, 0.5) is 10.1 Å². The molecule has 0 aliphatic heterocycles. The lowest BCUT2D eigenvalue weighted by molar-refractivity contribution is 0.407. The Bertz CT molecular complexity index is 1130. The first kappa shape index (κ1) is 21.1. The van der Waals surface area contributed by atoms with Crippen molar-refractivity contribution in [2.75, 3.05) is 11.4 Å². The maximum atomic E-state index is 14.0. The van der Waals surface area contributed by atoms with E-state index in [-0.39, 0.29) is 10.6 Å². The van der Waals surface area contributed by atoms with Gasteiger partial charge in [0.15, 0.2) is 0 Å². The number of hydrogen-bond acceptors (Lipinski definition) is 3. The second kappa shape index (κ2) is 8.43. The van der Waals surface area contributed by atoms with Gasteiger partial charge in [-0.3, -0.25) is 4.31 Å². The number of aryl methyl sites for hydroxylation is 1. The van der Waals surface area contributed by atoms with Crippen molar-refractivity contribution in [3.8, 4) is 5.75 Å². The number of sulfonamides is 1. The smallest absolute Gasteiger partial charge is 0.264 e. The van der Waals surface area contributed by atoms with Crippen molar-refractivity contribution < 1.29 is 17.5 Å². The minimum absolute atomic E-state index is 0.0270. The number of rotatable bonds is 6. The number of nitrogens with zero attached hydrogens (tertiary/aromatic N) is 1. The first-order valence-corrected chi connectivity index (χ1v) is 10.8. The Morgan fingerprint density at radius 2 is 1.76 bits per heavy atom. The molecule has 3 rings (SSSR count). The maximum absolute atomic E-state index is 14.0. The Balaban J connectivity index is 2.21. The van der Waals surface area contributed by atoms with Gasteiger partial charge in [-0.2, -0.15) is 0 Å². The average Bonchev–Trinajstić information content (AvgIpc) is 2.69. The fraction of sp³-hybridized carbons (Fsp3) is 0.182. The molecule has 0 fully saturated rings. The first-order valence-electron chi connectivity index (χ1n) is 8.94. The summed E-state index contributed by atoms with van der Waals surface area (Å²) in [5, 5.41) is 0.343. The van der Waals surface area contributed by atoms with Gasteiger partial charge in [0, 0.05) is 10.6 Å². The molecule has 4 nitrogen and oxygen atoms in total. The van der Waals surface area contributed by atoms with Crippen LogP contribution < -0.4 is 9.04 Å². The van der Waals surface area contributed by atoms with E-state index in [1.807, 2.05) is 0 Å². The summed E-state index contributed by atoms with van der Waals surface area (Å²) in [5.74, 6) is 0.00964. The number of para-hydroxylation sites is 1. The molecule has 0 spiro atoms. The molecule has 0 amide bonds. The van der Waals surface area contributed by atoms with Gasteiger partial charge in [-0.15, -0.1) is 0 Å². The van der Waals surface area contributed by atoms with Crippen LogP contribution in [0.1, 0.15) is 24.1 Å². The molecule has 3 aromatic rings. The van der Waals surface area contributed by atoms with Crippen molar-refractivity contribution in [2.24, 2.45) is 0 Å². The Labute approximate surface area is 175 Å². The van der Waals surface area contributed by atoms with E-state index in [9.17, 15) is 12.8 Å². The van der Waals surface area contributed by atoms with Crippen LogP contribution in [0.25, 0.3) is 0 Å². The summed E-state index contributed by atoms with van der Waals surface area (Å²) in [6.07, 6.45) is 0. The summed E-state index contributed by atoms with van der Waals surface area (Å²) in [4.78, 5) is 0.0270. The standard InChI is InChI=1S/C22H21ClFNO3S/c1-15-11-12-19(14-21(15)23)29(26,27)25(18-8-6-7-17(24)13-18)16(2)20-9-4-5-10-22(20)28-3/h4-14,16H,1-3H3/t16-/m1/s1. The Morgan fingerprint density at radius 1 is 1.03 bits per heavy atom.